The van der Waals surface area contributed by atoms with Crippen LogP contribution in [-0.4, -0.2) is 26.6 Å². The third-order valence-electron chi connectivity index (χ3n) is 4.80. The average molecular weight is 358 g/mol. The van der Waals surface area contributed by atoms with E-state index in [1.54, 1.807) is 12.5 Å². The van der Waals surface area contributed by atoms with Crippen molar-refractivity contribution in [3.8, 4) is 0 Å². The zero-order chi connectivity index (χ0) is 18.5. The molecule has 1 amide bonds. The fraction of sp³-hybridized carbons (Fsp3) is 0.182. The van der Waals surface area contributed by atoms with Crippen molar-refractivity contribution in [2.75, 3.05) is 6.54 Å². The first-order valence-corrected chi connectivity index (χ1v) is 9.14. The predicted molar refractivity (Wildman–Crippen MR) is 106 cm³/mol. The summed E-state index contributed by atoms with van der Waals surface area (Å²) in [5, 5.41) is 5.40. The Hall–Kier alpha value is -3.34. The van der Waals surface area contributed by atoms with Crippen molar-refractivity contribution in [2.24, 2.45) is 0 Å². The highest BCUT2D eigenvalue weighted by molar-refractivity contribution is 5.87. The number of amides is 1. The van der Waals surface area contributed by atoms with Crippen molar-refractivity contribution in [3.63, 3.8) is 0 Å². The molecule has 4 rings (SSSR count). The van der Waals surface area contributed by atoms with E-state index >= 15 is 0 Å². The maximum absolute atomic E-state index is 12.6. The molecule has 1 atom stereocenters. The van der Waals surface area contributed by atoms with Crippen molar-refractivity contribution >= 4 is 16.7 Å². The van der Waals surface area contributed by atoms with Gasteiger partial charge in [0.2, 0.25) is 5.91 Å². The summed E-state index contributed by atoms with van der Waals surface area (Å²) in [4.78, 5) is 16.7. The van der Waals surface area contributed by atoms with E-state index in [0.717, 1.165) is 5.56 Å². The van der Waals surface area contributed by atoms with Crippen molar-refractivity contribution in [1.82, 2.24) is 19.4 Å². The molecule has 0 radical (unpaired) electrons. The van der Waals surface area contributed by atoms with Gasteiger partial charge < -0.3 is 14.5 Å². The van der Waals surface area contributed by atoms with Crippen molar-refractivity contribution in [2.45, 2.75) is 19.0 Å². The third kappa shape index (κ3) is 3.92. The fourth-order valence-electron chi connectivity index (χ4n) is 3.46. The van der Waals surface area contributed by atoms with Crippen molar-refractivity contribution in [3.05, 3.63) is 91.3 Å². The lowest BCUT2D eigenvalue weighted by Crippen LogP contribution is -2.29. The van der Waals surface area contributed by atoms with Gasteiger partial charge in [-0.25, -0.2) is 4.98 Å². The minimum atomic E-state index is -0.0423. The van der Waals surface area contributed by atoms with Crippen LogP contribution in [0.2, 0.25) is 0 Å². The Morgan fingerprint density at radius 1 is 1.00 bits per heavy atom. The van der Waals surface area contributed by atoms with Crippen LogP contribution in [-0.2, 0) is 11.3 Å². The maximum atomic E-state index is 12.6. The van der Waals surface area contributed by atoms with Gasteiger partial charge in [-0.15, -0.1) is 0 Å². The zero-order valence-corrected chi connectivity index (χ0v) is 15.0. The van der Waals surface area contributed by atoms with Gasteiger partial charge in [0.25, 0.3) is 0 Å². The number of hydrogen-bond donors (Lipinski definition) is 1. The molecule has 0 saturated carbocycles. The molecule has 0 saturated heterocycles. The second-order valence-corrected chi connectivity index (χ2v) is 6.57. The van der Waals surface area contributed by atoms with E-state index in [-0.39, 0.29) is 11.9 Å². The Labute approximate surface area is 158 Å². The van der Waals surface area contributed by atoms with Crippen LogP contribution in [0.5, 0.6) is 0 Å². The number of nitrogens with zero attached hydrogens (tertiary/aromatic N) is 3. The van der Waals surface area contributed by atoms with Crippen LogP contribution in [0.25, 0.3) is 10.8 Å². The Balaban J connectivity index is 1.54. The van der Waals surface area contributed by atoms with Crippen molar-refractivity contribution < 1.29 is 4.79 Å². The van der Waals surface area contributed by atoms with E-state index in [2.05, 4.69) is 45.2 Å². The van der Waals surface area contributed by atoms with Crippen LogP contribution in [0.4, 0.5) is 0 Å². The van der Waals surface area contributed by atoms with Crippen LogP contribution in [0.1, 0.15) is 18.0 Å². The van der Waals surface area contributed by atoms with Crippen molar-refractivity contribution in [1.29, 1.82) is 0 Å². The lowest BCUT2D eigenvalue weighted by molar-refractivity contribution is -0.121. The van der Waals surface area contributed by atoms with Gasteiger partial charge in [-0.05, 0) is 28.5 Å². The highest BCUT2D eigenvalue weighted by Crippen LogP contribution is 2.29. The molecular formula is C22H22N4O. The number of fused-ring (bicyclic) bond motifs is 1. The van der Waals surface area contributed by atoms with Gasteiger partial charge in [-0.2, -0.15) is 0 Å². The first-order chi connectivity index (χ1) is 13.3. The molecule has 5 heteroatoms. The number of carbonyl (C=O) groups excluding carboxylic acids is 1. The highest BCUT2D eigenvalue weighted by atomic mass is 16.1. The number of aromatic nitrogens is 3. The molecule has 1 N–H and O–H groups in total. The molecule has 136 valence electrons. The quantitative estimate of drug-likeness (QED) is 0.548. The number of carbonyl (C=O) groups is 1. The van der Waals surface area contributed by atoms with Gasteiger partial charge >= 0.3 is 0 Å². The van der Waals surface area contributed by atoms with Gasteiger partial charge in [0.15, 0.2) is 0 Å². The Morgan fingerprint density at radius 3 is 2.63 bits per heavy atom. The van der Waals surface area contributed by atoms with E-state index in [1.807, 2.05) is 47.4 Å². The maximum Gasteiger partial charge on any atom is 0.222 e. The molecular weight excluding hydrogens is 336 g/mol. The number of rotatable bonds is 7. The summed E-state index contributed by atoms with van der Waals surface area (Å²) in [6.07, 6.45) is 9.82. The van der Waals surface area contributed by atoms with E-state index in [0.29, 0.717) is 19.5 Å². The summed E-state index contributed by atoms with van der Waals surface area (Å²) in [5.74, 6) is 0.0433. The molecule has 0 unspecified atom stereocenters. The molecule has 5 nitrogen and oxygen atoms in total. The van der Waals surface area contributed by atoms with E-state index in [4.69, 9.17) is 0 Å². The molecule has 2 aromatic carbocycles. The topological polar surface area (TPSA) is 51.9 Å². The summed E-state index contributed by atoms with van der Waals surface area (Å²) in [7, 11) is 0. The second kappa shape index (κ2) is 7.91. The Bertz CT molecular complexity index is 1000. The minimum absolute atomic E-state index is 0.0423. The van der Waals surface area contributed by atoms with Crippen LogP contribution in [0.3, 0.4) is 0 Å². The summed E-state index contributed by atoms with van der Waals surface area (Å²) >= 11 is 0. The summed E-state index contributed by atoms with van der Waals surface area (Å²) in [5.41, 5.74) is 1.16. The van der Waals surface area contributed by atoms with E-state index in [1.165, 1.54) is 10.8 Å². The Morgan fingerprint density at radius 2 is 1.81 bits per heavy atom. The molecule has 0 aliphatic rings. The molecule has 4 aromatic rings. The molecule has 0 spiro atoms. The van der Waals surface area contributed by atoms with Gasteiger partial charge in [-0.1, -0.05) is 42.5 Å². The number of benzene rings is 2. The smallest absolute Gasteiger partial charge is 0.222 e. The molecule has 27 heavy (non-hydrogen) atoms. The number of nitrogens with one attached hydrogen (secondary N) is 1. The lowest BCUT2D eigenvalue weighted by Gasteiger charge is -2.21. The molecule has 0 fully saturated rings. The molecule has 0 aliphatic carbocycles. The summed E-state index contributed by atoms with van der Waals surface area (Å²) in [6, 6.07) is 18.6. The largest absolute Gasteiger partial charge is 0.354 e. The third-order valence-corrected chi connectivity index (χ3v) is 4.80. The predicted octanol–water partition coefficient (Wildman–Crippen LogP) is 3.63. The summed E-state index contributed by atoms with van der Waals surface area (Å²) in [6.45, 7) is 1.30. The van der Waals surface area contributed by atoms with E-state index in [9.17, 15) is 4.79 Å². The first kappa shape index (κ1) is 17.1. The standard InChI is InChI=1S/C22H22N4O/c27-22(24-11-15-25-14-10-23-17-25)16-21(26-12-3-4-13-26)20-9-5-7-18-6-1-2-8-19(18)20/h1-10,12-14,17,21H,11,15-16H2,(H,24,27)/t21-/m1/s1. The van der Waals surface area contributed by atoms with Gasteiger partial charge in [0.05, 0.1) is 18.8 Å². The minimum Gasteiger partial charge on any atom is -0.354 e. The van der Waals surface area contributed by atoms with Crippen LogP contribution >= 0.6 is 0 Å². The average Bonchev–Trinajstić information content (AvgIpc) is 3.40. The van der Waals surface area contributed by atoms with Crippen LogP contribution in [0, 0.1) is 0 Å². The Kier molecular flexibility index (Phi) is 5.01. The molecule has 0 bridgehead atoms. The van der Waals surface area contributed by atoms with Gasteiger partial charge in [-0.3, -0.25) is 4.79 Å². The normalized spacial score (nSPS) is 12.1. The van der Waals surface area contributed by atoms with Crippen LogP contribution < -0.4 is 5.32 Å². The van der Waals surface area contributed by atoms with Gasteiger partial charge in [0, 0.05) is 37.9 Å². The fourth-order valence-corrected chi connectivity index (χ4v) is 3.46. The van der Waals surface area contributed by atoms with E-state index < -0.39 is 0 Å². The number of imidazole rings is 1. The van der Waals surface area contributed by atoms with Crippen LogP contribution in [0.15, 0.2) is 85.7 Å². The second-order valence-electron chi connectivity index (χ2n) is 6.57. The SMILES string of the molecule is O=C(C[C@H](c1cccc2ccccc12)n1cccc1)NCCn1ccnc1. The van der Waals surface area contributed by atoms with Gasteiger partial charge in [0.1, 0.15) is 0 Å². The number of hydrogen-bond acceptors (Lipinski definition) is 2. The first-order valence-electron chi connectivity index (χ1n) is 9.14. The molecule has 2 heterocycles. The molecule has 2 aromatic heterocycles. The lowest BCUT2D eigenvalue weighted by atomic mass is 9.96. The highest BCUT2D eigenvalue weighted by Gasteiger charge is 2.19. The monoisotopic (exact) mass is 358 g/mol. The summed E-state index contributed by atoms with van der Waals surface area (Å²) < 4.78 is 4.06. The molecule has 0 aliphatic heterocycles. The zero-order valence-electron chi connectivity index (χ0n) is 15.0.